The third-order valence-electron chi connectivity index (χ3n) is 7.94. The number of amides is 1. The lowest BCUT2D eigenvalue weighted by Crippen LogP contribution is -2.25. The fraction of sp³-hybridized carbons (Fsp3) is 0.353. The van der Waals surface area contributed by atoms with Gasteiger partial charge in [0.1, 0.15) is 15.6 Å². The number of nitro benzene ring substituents is 1. The Morgan fingerprint density at radius 2 is 1.82 bits per heavy atom. The second-order valence-electron chi connectivity index (χ2n) is 11.8. The van der Waals surface area contributed by atoms with E-state index in [0.717, 1.165) is 34.4 Å². The average molecular weight is 631 g/mol. The minimum atomic E-state index is -3.07. The Bertz CT molecular complexity index is 1790. The van der Waals surface area contributed by atoms with Gasteiger partial charge in [-0.2, -0.15) is 0 Å². The van der Waals surface area contributed by atoms with Crippen LogP contribution in [0.4, 0.5) is 11.4 Å². The van der Waals surface area contributed by atoms with Gasteiger partial charge in [-0.25, -0.2) is 8.42 Å². The topological polar surface area (TPSA) is 132 Å². The predicted molar refractivity (Wildman–Crippen MR) is 175 cm³/mol. The van der Waals surface area contributed by atoms with E-state index >= 15 is 0 Å². The van der Waals surface area contributed by atoms with E-state index in [1.807, 2.05) is 37.3 Å². The van der Waals surface area contributed by atoms with Gasteiger partial charge in [-0.15, -0.1) is 0 Å². The summed E-state index contributed by atoms with van der Waals surface area (Å²) in [5.41, 5.74) is 4.38. The molecule has 0 atom stereocenters. The van der Waals surface area contributed by atoms with Crippen molar-refractivity contribution in [2.75, 3.05) is 30.5 Å². The number of nitro groups is 1. The van der Waals surface area contributed by atoms with Crippen molar-refractivity contribution in [3.63, 3.8) is 0 Å². The Hall–Kier alpha value is -4.35. The molecule has 5 rings (SSSR count). The zero-order chi connectivity index (χ0) is 32.0. The number of nitrogens with zero attached hydrogens (tertiary/aromatic N) is 3. The number of aromatic nitrogens is 1. The summed E-state index contributed by atoms with van der Waals surface area (Å²) in [5.74, 6) is 1.30. The maximum atomic E-state index is 13.0. The van der Waals surface area contributed by atoms with Gasteiger partial charge in [0.2, 0.25) is 0 Å². The minimum Gasteiger partial charge on any atom is -0.493 e. The fourth-order valence-corrected chi connectivity index (χ4v) is 5.97. The van der Waals surface area contributed by atoms with Crippen molar-refractivity contribution < 1.29 is 22.9 Å². The van der Waals surface area contributed by atoms with Gasteiger partial charge in [0, 0.05) is 59.6 Å². The van der Waals surface area contributed by atoms with Gasteiger partial charge < -0.3 is 10.1 Å². The number of hydrogen-bond acceptors (Lipinski definition) is 8. The number of unbranched alkanes of at least 4 members (excludes halogenated alkanes) is 1. The van der Waals surface area contributed by atoms with E-state index in [2.05, 4.69) is 10.2 Å². The Labute approximate surface area is 263 Å². The van der Waals surface area contributed by atoms with E-state index < -0.39 is 9.84 Å². The first-order chi connectivity index (χ1) is 21.6. The van der Waals surface area contributed by atoms with E-state index in [1.165, 1.54) is 25.2 Å². The smallest absolute Gasteiger partial charge is 0.273 e. The number of para-hydroxylation sites is 1. The number of hydrogen-bond donors (Lipinski definition) is 1. The molecule has 4 aromatic rings. The summed E-state index contributed by atoms with van der Waals surface area (Å²) in [6, 6.07) is 19.6. The highest BCUT2D eigenvalue weighted by Gasteiger charge is 2.22. The second-order valence-corrected chi connectivity index (χ2v) is 14.1. The van der Waals surface area contributed by atoms with Crippen LogP contribution in [0.2, 0.25) is 0 Å². The van der Waals surface area contributed by atoms with E-state index in [-0.39, 0.29) is 22.3 Å². The predicted octanol–water partition coefficient (Wildman–Crippen LogP) is 6.32. The van der Waals surface area contributed by atoms with Crippen molar-refractivity contribution in [1.82, 2.24) is 9.88 Å². The lowest BCUT2D eigenvalue weighted by Gasteiger charge is -2.23. The Balaban J connectivity index is 1.28. The first kappa shape index (κ1) is 32.1. The summed E-state index contributed by atoms with van der Waals surface area (Å²) in [5, 5.41) is 15.5. The summed E-state index contributed by atoms with van der Waals surface area (Å²) >= 11 is 0. The summed E-state index contributed by atoms with van der Waals surface area (Å²) in [6.07, 6.45) is 6.58. The molecule has 1 fully saturated rings. The maximum Gasteiger partial charge on any atom is 0.273 e. The van der Waals surface area contributed by atoms with Gasteiger partial charge in [0.05, 0.1) is 17.0 Å². The zero-order valence-electron chi connectivity index (χ0n) is 25.6. The molecule has 1 amide bonds. The molecule has 10 nitrogen and oxygen atoms in total. The summed E-state index contributed by atoms with van der Waals surface area (Å²) in [4.78, 5) is 31.0. The molecule has 0 spiro atoms. The molecular weight excluding hydrogens is 592 g/mol. The van der Waals surface area contributed by atoms with Crippen LogP contribution in [0.15, 0.2) is 72.9 Å². The van der Waals surface area contributed by atoms with Crippen molar-refractivity contribution in [2.24, 2.45) is 5.92 Å². The first-order valence-corrected chi connectivity index (χ1v) is 17.2. The number of nitrogens with one attached hydrogen (secondary N) is 1. The summed E-state index contributed by atoms with van der Waals surface area (Å²) in [6.45, 7) is 4.02. The van der Waals surface area contributed by atoms with Crippen LogP contribution in [-0.2, 0) is 22.9 Å². The quantitative estimate of drug-likeness (QED) is 0.0917. The second kappa shape index (κ2) is 14.2. The molecule has 3 aromatic carbocycles. The summed E-state index contributed by atoms with van der Waals surface area (Å²) in [7, 11) is -3.07. The molecule has 0 unspecified atom stereocenters. The number of fused-ring (bicyclic) bond motifs is 1. The molecule has 236 valence electrons. The van der Waals surface area contributed by atoms with Crippen molar-refractivity contribution in [3.8, 4) is 5.75 Å². The standard InChI is InChI=1S/C34H38N4O6S/c1-24-31(36-34(39)27-11-14-30(15-12-27)44-23-25-9-10-25)16-13-28-19-26(20-35-33(24)28)21-37(17-5-6-18-45(2,42)43)22-29-7-3-4-8-32(29)38(40)41/h3-4,7-8,11-16,19-20,25H,5-6,9-10,17-18,21-23H2,1-2H3,(H,36,39). The third-order valence-corrected chi connectivity index (χ3v) is 8.97. The van der Waals surface area contributed by atoms with E-state index in [9.17, 15) is 23.3 Å². The van der Waals surface area contributed by atoms with Gasteiger partial charge >= 0.3 is 0 Å². The van der Waals surface area contributed by atoms with Crippen LogP contribution in [0.3, 0.4) is 0 Å². The van der Waals surface area contributed by atoms with Gasteiger partial charge in [0.15, 0.2) is 0 Å². The number of carbonyl (C=O) groups is 1. The number of aryl methyl sites for hydroxylation is 1. The van der Waals surface area contributed by atoms with Crippen LogP contribution in [0.25, 0.3) is 10.9 Å². The van der Waals surface area contributed by atoms with Gasteiger partial charge in [-0.1, -0.05) is 24.3 Å². The molecule has 1 aliphatic rings. The maximum absolute atomic E-state index is 13.0. The molecule has 1 heterocycles. The normalized spacial score (nSPS) is 13.2. The molecule has 0 radical (unpaired) electrons. The number of ether oxygens (including phenoxy) is 1. The lowest BCUT2D eigenvalue weighted by atomic mass is 10.1. The Kier molecular flexibility index (Phi) is 10.1. The average Bonchev–Trinajstić information content (AvgIpc) is 3.84. The van der Waals surface area contributed by atoms with Crippen molar-refractivity contribution >= 4 is 38.0 Å². The van der Waals surface area contributed by atoms with Gasteiger partial charge in [-0.3, -0.25) is 24.8 Å². The molecule has 0 aliphatic heterocycles. The monoisotopic (exact) mass is 630 g/mol. The number of sulfone groups is 1. The number of anilines is 1. The Morgan fingerprint density at radius 3 is 2.53 bits per heavy atom. The van der Waals surface area contributed by atoms with Crippen molar-refractivity contribution in [2.45, 2.75) is 45.7 Å². The van der Waals surface area contributed by atoms with Crippen LogP contribution in [-0.4, -0.2) is 54.3 Å². The highest BCUT2D eigenvalue weighted by Crippen LogP contribution is 2.30. The van der Waals surface area contributed by atoms with Crippen molar-refractivity contribution in [3.05, 3.63) is 105 Å². The molecule has 1 N–H and O–H groups in total. The number of carbonyl (C=O) groups excluding carboxylic acids is 1. The van der Waals surface area contributed by atoms with Crippen LogP contribution < -0.4 is 10.1 Å². The van der Waals surface area contributed by atoms with Crippen LogP contribution in [0, 0.1) is 23.0 Å². The molecule has 1 aliphatic carbocycles. The van der Waals surface area contributed by atoms with E-state index in [4.69, 9.17) is 9.72 Å². The Morgan fingerprint density at radius 1 is 1.07 bits per heavy atom. The van der Waals surface area contributed by atoms with Crippen molar-refractivity contribution in [1.29, 1.82) is 0 Å². The van der Waals surface area contributed by atoms with E-state index in [1.54, 1.807) is 36.5 Å². The molecule has 45 heavy (non-hydrogen) atoms. The number of pyridine rings is 1. The first-order valence-electron chi connectivity index (χ1n) is 15.1. The number of rotatable bonds is 15. The molecule has 11 heteroatoms. The molecule has 0 saturated heterocycles. The molecule has 1 aromatic heterocycles. The largest absolute Gasteiger partial charge is 0.493 e. The molecule has 0 bridgehead atoms. The van der Waals surface area contributed by atoms with Gasteiger partial charge in [0.25, 0.3) is 11.6 Å². The van der Waals surface area contributed by atoms with E-state index in [0.29, 0.717) is 55.2 Å². The van der Waals surface area contributed by atoms with Crippen LogP contribution >= 0.6 is 0 Å². The fourth-order valence-electron chi connectivity index (χ4n) is 5.25. The number of benzene rings is 3. The highest BCUT2D eigenvalue weighted by molar-refractivity contribution is 7.90. The zero-order valence-corrected chi connectivity index (χ0v) is 26.4. The van der Waals surface area contributed by atoms with Gasteiger partial charge in [-0.05, 0) is 92.6 Å². The molecule has 1 saturated carbocycles. The SMILES string of the molecule is Cc1c(NC(=O)c2ccc(OCC3CC3)cc2)ccc2cc(CN(CCCCS(C)(=O)=O)Cc3ccccc3[N+](=O)[O-])cnc12. The van der Waals surface area contributed by atoms with Crippen LogP contribution in [0.1, 0.15) is 52.7 Å². The lowest BCUT2D eigenvalue weighted by molar-refractivity contribution is -0.385. The summed E-state index contributed by atoms with van der Waals surface area (Å²) < 4.78 is 29.0. The third kappa shape index (κ3) is 9.09. The van der Waals surface area contributed by atoms with Crippen LogP contribution in [0.5, 0.6) is 5.75 Å². The highest BCUT2D eigenvalue weighted by atomic mass is 32.2. The molecular formula is C34H38N4O6S. The minimum absolute atomic E-state index is 0.0540.